The van der Waals surface area contributed by atoms with E-state index >= 15 is 0 Å². The Morgan fingerprint density at radius 2 is 2.31 bits per heavy atom. The number of carbonyl (C=O) groups is 1. The number of rotatable bonds is 2. The van der Waals surface area contributed by atoms with Crippen LogP contribution in [-0.2, 0) is 0 Å². The molecule has 3 aromatic heterocycles. The summed E-state index contributed by atoms with van der Waals surface area (Å²) in [6, 6.07) is 4.01. The zero-order valence-electron chi connectivity index (χ0n) is 8.20. The molecular weight excluding hydrogens is 222 g/mol. The predicted octanol–water partition coefficient (Wildman–Crippen LogP) is 2.27. The Bertz CT molecular complexity index is 642. The predicted molar refractivity (Wildman–Crippen MR) is 61.7 cm³/mol. The van der Waals surface area contributed by atoms with Gasteiger partial charge in [0.1, 0.15) is 0 Å². The number of fused-ring (bicyclic) bond motifs is 1. The van der Waals surface area contributed by atoms with Gasteiger partial charge in [0.05, 0.1) is 17.3 Å². The van der Waals surface area contributed by atoms with Gasteiger partial charge in [0.2, 0.25) is 0 Å². The number of hydrogen-bond donors (Lipinski definition) is 0. The number of aromatic nitrogens is 3. The first-order valence-corrected chi connectivity index (χ1v) is 5.59. The Kier molecular flexibility index (Phi) is 2.04. The summed E-state index contributed by atoms with van der Waals surface area (Å²) in [6.07, 6.45) is 5.76. The van der Waals surface area contributed by atoms with Crippen molar-refractivity contribution >= 4 is 23.3 Å². The van der Waals surface area contributed by atoms with Crippen molar-refractivity contribution in [3.63, 3.8) is 0 Å². The highest BCUT2D eigenvalue weighted by Crippen LogP contribution is 2.27. The standard InChI is InChI=1S/C11H7N3OS/c15-7-8-4-12-11-9(5-13-14(11)6-8)10-2-1-3-16-10/h1-7H. The van der Waals surface area contributed by atoms with Crippen molar-refractivity contribution in [1.29, 1.82) is 0 Å². The van der Waals surface area contributed by atoms with E-state index in [1.165, 1.54) is 0 Å². The van der Waals surface area contributed by atoms with Crippen LogP contribution in [0, 0.1) is 0 Å². The molecule has 0 saturated heterocycles. The van der Waals surface area contributed by atoms with Crippen molar-refractivity contribution in [2.75, 3.05) is 0 Å². The van der Waals surface area contributed by atoms with Gasteiger partial charge in [0, 0.05) is 17.3 Å². The molecule has 78 valence electrons. The molecule has 3 aromatic rings. The summed E-state index contributed by atoms with van der Waals surface area (Å²) in [5.41, 5.74) is 2.29. The van der Waals surface area contributed by atoms with Gasteiger partial charge in [-0.1, -0.05) is 6.07 Å². The molecule has 0 aromatic carbocycles. The molecule has 4 nitrogen and oxygen atoms in total. The lowest BCUT2D eigenvalue weighted by atomic mass is 10.3. The van der Waals surface area contributed by atoms with Crippen LogP contribution in [0.25, 0.3) is 16.1 Å². The molecule has 0 radical (unpaired) electrons. The van der Waals surface area contributed by atoms with Crippen LogP contribution in [0.4, 0.5) is 0 Å². The Balaban J connectivity index is 2.25. The summed E-state index contributed by atoms with van der Waals surface area (Å²) in [5.74, 6) is 0. The summed E-state index contributed by atoms with van der Waals surface area (Å²) >= 11 is 1.64. The number of aldehydes is 1. The third-order valence-corrected chi connectivity index (χ3v) is 3.20. The fourth-order valence-electron chi connectivity index (χ4n) is 1.56. The molecule has 0 saturated carbocycles. The average Bonchev–Trinajstić information content (AvgIpc) is 2.96. The molecule has 0 fully saturated rings. The lowest BCUT2D eigenvalue weighted by Crippen LogP contribution is -1.93. The Labute approximate surface area is 95.2 Å². The Morgan fingerprint density at radius 3 is 3.06 bits per heavy atom. The van der Waals surface area contributed by atoms with Crippen molar-refractivity contribution in [2.24, 2.45) is 0 Å². The first-order valence-electron chi connectivity index (χ1n) is 4.71. The molecule has 0 unspecified atom stereocenters. The zero-order chi connectivity index (χ0) is 11.0. The van der Waals surface area contributed by atoms with Gasteiger partial charge in [-0.15, -0.1) is 11.3 Å². The maximum atomic E-state index is 10.6. The molecule has 0 aliphatic heterocycles. The molecule has 0 bridgehead atoms. The lowest BCUT2D eigenvalue weighted by molar-refractivity contribution is 0.112. The van der Waals surface area contributed by atoms with Gasteiger partial charge in [-0.2, -0.15) is 5.10 Å². The fourth-order valence-corrected chi connectivity index (χ4v) is 2.29. The van der Waals surface area contributed by atoms with Crippen LogP contribution in [0.15, 0.2) is 36.1 Å². The van der Waals surface area contributed by atoms with E-state index in [2.05, 4.69) is 10.1 Å². The third kappa shape index (κ3) is 1.33. The van der Waals surface area contributed by atoms with E-state index < -0.39 is 0 Å². The highest BCUT2D eigenvalue weighted by atomic mass is 32.1. The molecule has 16 heavy (non-hydrogen) atoms. The van der Waals surface area contributed by atoms with Crippen LogP contribution in [0.3, 0.4) is 0 Å². The quantitative estimate of drug-likeness (QED) is 0.633. The Hall–Kier alpha value is -2.01. The summed E-state index contributed by atoms with van der Waals surface area (Å²) in [6.45, 7) is 0. The van der Waals surface area contributed by atoms with Crippen molar-refractivity contribution < 1.29 is 4.79 Å². The summed E-state index contributed by atoms with van der Waals surface area (Å²) < 4.78 is 1.62. The number of thiophene rings is 1. The monoisotopic (exact) mass is 229 g/mol. The van der Waals surface area contributed by atoms with Crippen molar-refractivity contribution in [3.8, 4) is 10.4 Å². The number of nitrogens with zero attached hydrogens (tertiary/aromatic N) is 3. The maximum Gasteiger partial charge on any atom is 0.163 e. The number of hydrogen-bond acceptors (Lipinski definition) is 4. The molecule has 5 heteroatoms. The average molecular weight is 229 g/mol. The van der Waals surface area contributed by atoms with Crippen LogP contribution >= 0.6 is 11.3 Å². The summed E-state index contributed by atoms with van der Waals surface area (Å²) in [7, 11) is 0. The largest absolute Gasteiger partial charge is 0.298 e. The van der Waals surface area contributed by atoms with Crippen LogP contribution in [0.5, 0.6) is 0 Å². The normalized spacial score (nSPS) is 10.8. The van der Waals surface area contributed by atoms with E-state index in [1.54, 1.807) is 34.4 Å². The summed E-state index contributed by atoms with van der Waals surface area (Å²) in [4.78, 5) is 16.0. The highest BCUT2D eigenvalue weighted by molar-refractivity contribution is 7.13. The second-order valence-electron chi connectivity index (χ2n) is 3.31. The second-order valence-corrected chi connectivity index (χ2v) is 4.26. The minimum Gasteiger partial charge on any atom is -0.298 e. The van der Waals surface area contributed by atoms with Crippen LogP contribution < -0.4 is 0 Å². The van der Waals surface area contributed by atoms with Crippen LogP contribution in [0.2, 0.25) is 0 Å². The molecule has 0 N–H and O–H groups in total. The van der Waals surface area contributed by atoms with Crippen molar-refractivity contribution in [1.82, 2.24) is 14.6 Å². The SMILES string of the molecule is O=Cc1cnc2c(-c3cccs3)cnn2c1. The minimum atomic E-state index is 0.522. The molecule has 0 aliphatic rings. The van der Waals surface area contributed by atoms with Crippen molar-refractivity contribution in [2.45, 2.75) is 0 Å². The molecule has 0 aliphatic carbocycles. The minimum absolute atomic E-state index is 0.522. The van der Waals surface area contributed by atoms with Gasteiger partial charge in [-0.3, -0.25) is 4.79 Å². The van der Waals surface area contributed by atoms with Crippen molar-refractivity contribution in [3.05, 3.63) is 41.7 Å². The van der Waals surface area contributed by atoms with E-state index in [9.17, 15) is 4.79 Å². The Morgan fingerprint density at radius 1 is 1.38 bits per heavy atom. The maximum absolute atomic E-state index is 10.6. The van der Waals surface area contributed by atoms with Gasteiger partial charge in [0.15, 0.2) is 11.9 Å². The highest BCUT2D eigenvalue weighted by Gasteiger charge is 2.08. The van der Waals surface area contributed by atoms with Crippen LogP contribution in [0.1, 0.15) is 10.4 Å². The topological polar surface area (TPSA) is 47.3 Å². The molecule has 0 amide bonds. The first-order chi connectivity index (χ1) is 7.88. The summed E-state index contributed by atoms with van der Waals surface area (Å²) in [5, 5.41) is 6.20. The van der Waals surface area contributed by atoms with Gasteiger partial charge in [0.25, 0.3) is 0 Å². The zero-order valence-corrected chi connectivity index (χ0v) is 9.02. The van der Waals surface area contributed by atoms with Gasteiger partial charge < -0.3 is 0 Å². The molecular formula is C11H7N3OS. The van der Waals surface area contributed by atoms with Gasteiger partial charge in [-0.25, -0.2) is 9.50 Å². The second kappa shape index (κ2) is 3.53. The van der Waals surface area contributed by atoms with Gasteiger partial charge in [-0.05, 0) is 11.4 Å². The molecule has 3 heterocycles. The van der Waals surface area contributed by atoms with E-state index in [4.69, 9.17) is 0 Å². The van der Waals surface area contributed by atoms with E-state index in [-0.39, 0.29) is 0 Å². The van der Waals surface area contributed by atoms with Gasteiger partial charge >= 0.3 is 0 Å². The molecule has 0 atom stereocenters. The van der Waals surface area contributed by atoms with E-state index in [0.29, 0.717) is 5.56 Å². The molecule has 0 spiro atoms. The lowest BCUT2D eigenvalue weighted by Gasteiger charge is -1.95. The smallest absolute Gasteiger partial charge is 0.163 e. The molecule has 3 rings (SSSR count). The number of carbonyl (C=O) groups excluding carboxylic acids is 1. The first kappa shape index (κ1) is 9.23. The van der Waals surface area contributed by atoms with E-state index in [1.807, 2.05) is 17.5 Å². The van der Waals surface area contributed by atoms with Crippen LogP contribution in [-0.4, -0.2) is 20.9 Å². The van der Waals surface area contributed by atoms with E-state index in [0.717, 1.165) is 22.4 Å². The fraction of sp³-hybridized carbons (Fsp3) is 0. The third-order valence-electron chi connectivity index (χ3n) is 2.30.